The maximum Gasteiger partial charge on any atom is 0.537 e. The van der Waals surface area contributed by atoms with Gasteiger partial charge >= 0.3 is 12.0 Å². The van der Waals surface area contributed by atoms with Gasteiger partial charge in [0.15, 0.2) is 0 Å². The highest BCUT2D eigenvalue weighted by Gasteiger charge is 2.29. The first-order valence-corrected chi connectivity index (χ1v) is 2.93. The highest BCUT2D eigenvalue weighted by Crippen LogP contribution is 2.15. The number of hydrogen-bond donors (Lipinski definition) is 0. The lowest BCUT2D eigenvalue weighted by Gasteiger charge is -1.82. The van der Waals surface area contributed by atoms with E-state index in [1.54, 1.807) is 0 Å². The molecule has 0 aliphatic carbocycles. The van der Waals surface area contributed by atoms with Gasteiger partial charge in [-0.05, 0) is 0 Å². The molecule has 0 fully saturated rings. The molecule has 2 nitrogen and oxygen atoms in total. The van der Waals surface area contributed by atoms with Crippen molar-refractivity contribution in [2.45, 2.75) is 0 Å². The zero-order valence-electron chi connectivity index (χ0n) is 4.86. The fraction of sp³-hybridized carbons (Fsp3) is 0.400. The monoisotopic (exact) mass is 169 g/mol. The number of cyclic esters (lactones) is 1. The second-order valence-electron chi connectivity index (χ2n) is 1.56. The van der Waals surface area contributed by atoms with Gasteiger partial charge < -0.3 is 9.16 Å². The van der Waals surface area contributed by atoms with Crippen LogP contribution >= 0.6 is 11.6 Å². The molecule has 1 rings (SSSR count). The Bertz CT molecular complexity index is 196. The van der Waals surface area contributed by atoms with Gasteiger partial charge in [-0.15, -0.1) is 0 Å². The van der Waals surface area contributed by atoms with E-state index >= 15 is 0 Å². The Hall–Kier alpha value is -0.640. The number of carbonyl (C=O) groups excluding carboxylic acids is 1. The Balaban J connectivity index is 2.74. The van der Waals surface area contributed by atoms with Gasteiger partial charge in [0.1, 0.15) is 0 Å². The minimum absolute atomic E-state index is 0.276. The maximum atomic E-state index is 11.6. The lowest BCUT2D eigenvalue weighted by molar-refractivity contribution is -0.444. The average Bonchev–Trinajstić information content (AvgIpc) is 2.36. The largest absolute Gasteiger partial charge is 0.537 e. The Morgan fingerprint density at radius 3 is 2.70 bits per heavy atom. The topological polar surface area (TPSA) is 20.5 Å². The summed E-state index contributed by atoms with van der Waals surface area (Å²) >= 11 is 5.06. The molecule has 0 N–H and O–H groups in total. The summed E-state index contributed by atoms with van der Waals surface area (Å²) in [4.78, 5) is 0. The zero-order valence-corrected chi connectivity index (χ0v) is 5.62. The van der Waals surface area contributed by atoms with Gasteiger partial charge in [0.2, 0.25) is 13.2 Å². The Morgan fingerprint density at radius 1 is 1.60 bits per heavy atom. The maximum absolute atomic E-state index is 11.6. The van der Waals surface area contributed by atoms with Crippen molar-refractivity contribution in [3.8, 4) is 0 Å². The highest BCUT2D eigenvalue weighted by molar-refractivity contribution is 6.41. The lowest BCUT2D eigenvalue weighted by atomic mass is 10.6. The van der Waals surface area contributed by atoms with E-state index in [9.17, 15) is 8.78 Å². The first-order valence-electron chi connectivity index (χ1n) is 2.55. The Labute approximate surface area is 60.7 Å². The van der Waals surface area contributed by atoms with Gasteiger partial charge in [-0.2, -0.15) is 8.78 Å². The van der Waals surface area contributed by atoms with Crippen molar-refractivity contribution in [2.75, 3.05) is 13.2 Å². The van der Waals surface area contributed by atoms with E-state index in [1.165, 1.54) is 0 Å². The predicted molar refractivity (Wildman–Crippen MR) is 30.9 cm³/mol. The van der Waals surface area contributed by atoms with Crippen LogP contribution in [0.15, 0.2) is 11.1 Å². The van der Waals surface area contributed by atoms with Gasteiger partial charge in [0, 0.05) is 0 Å². The number of esters is 1. The van der Waals surface area contributed by atoms with E-state index < -0.39 is 11.1 Å². The van der Waals surface area contributed by atoms with Crippen LogP contribution in [0, 0.1) is 0 Å². The fourth-order valence-corrected chi connectivity index (χ4v) is 0.623. The molecule has 1 heterocycles. The molecule has 0 bridgehead atoms. The number of ether oxygens (including phenoxy) is 1. The third-order valence-electron chi connectivity index (χ3n) is 0.895. The lowest BCUT2D eigenvalue weighted by Crippen LogP contribution is -1.99. The quantitative estimate of drug-likeness (QED) is 0.330. The Morgan fingerprint density at radius 2 is 2.30 bits per heavy atom. The van der Waals surface area contributed by atoms with Crippen molar-refractivity contribution in [2.24, 2.45) is 0 Å². The molecule has 0 amide bonds. The van der Waals surface area contributed by atoms with Crippen molar-refractivity contribution in [3.05, 3.63) is 11.1 Å². The average molecular weight is 170 g/mol. The molecule has 56 valence electrons. The van der Waals surface area contributed by atoms with Gasteiger partial charge in [-0.3, -0.25) is 0 Å². The second kappa shape index (κ2) is 2.96. The summed E-state index contributed by atoms with van der Waals surface area (Å²) in [6, 6.07) is 0. The molecule has 0 saturated heterocycles. The molecule has 0 spiro atoms. The molecule has 0 atom stereocenters. The second-order valence-corrected chi connectivity index (χ2v) is 1.94. The number of hydrogen-bond acceptors (Lipinski definition) is 1. The molecule has 1 aliphatic rings. The standard InChI is InChI=1S/C5H4ClF2O2/c6-3(4(7)8)5-9-1-2-10-5/h1-2H2/q+1. The van der Waals surface area contributed by atoms with Crippen LogP contribution in [0.2, 0.25) is 0 Å². The van der Waals surface area contributed by atoms with Gasteiger partial charge in [0.05, 0.1) is 0 Å². The van der Waals surface area contributed by atoms with Crippen molar-refractivity contribution in [3.63, 3.8) is 0 Å². The molecule has 0 aromatic rings. The third-order valence-corrected chi connectivity index (χ3v) is 1.19. The number of rotatable bonds is 1. The molecular weight excluding hydrogens is 166 g/mol. The first kappa shape index (κ1) is 7.47. The van der Waals surface area contributed by atoms with Crippen LogP contribution in [0.4, 0.5) is 8.78 Å². The van der Waals surface area contributed by atoms with E-state index in [2.05, 4.69) is 9.16 Å². The first-order chi connectivity index (χ1) is 4.72. The van der Waals surface area contributed by atoms with Crippen molar-refractivity contribution >= 4 is 17.6 Å². The van der Waals surface area contributed by atoms with Gasteiger partial charge in [-0.1, -0.05) is 11.6 Å². The summed E-state index contributed by atoms with van der Waals surface area (Å²) in [6.45, 7) is 0.553. The summed E-state index contributed by atoms with van der Waals surface area (Å²) in [5.74, 6) is -0.276. The van der Waals surface area contributed by atoms with E-state index in [-0.39, 0.29) is 19.2 Å². The van der Waals surface area contributed by atoms with Crippen LogP contribution in [0.1, 0.15) is 0 Å². The molecule has 5 heteroatoms. The van der Waals surface area contributed by atoms with Crippen molar-refractivity contribution < 1.29 is 17.9 Å². The van der Waals surface area contributed by atoms with Crippen LogP contribution in [0.25, 0.3) is 0 Å². The smallest absolute Gasteiger partial charge is 0.310 e. The van der Waals surface area contributed by atoms with Crippen LogP contribution in [0.5, 0.6) is 0 Å². The van der Waals surface area contributed by atoms with E-state index in [4.69, 9.17) is 11.6 Å². The summed E-state index contributed by atoms with van der Waals surface area (Å²) in [5, 5.41) is -0.738. The number of halogens is 3. The Kier molecular flexibility index (Phi) is 2.21. The predicted octanol–water partition coefficient (Wildman–Crippen LogP) is 1.43. The summed E-state index contributed by atoms with van der Waals surface area (Å²) in [5.41, 5.74) is 0. The van der Waals surface area contributed by atoms with Gasteiger partial charge in [0.25, 0.3) is 5.03 Å². The van der Waals surface area contributed by atoms with Crippen LogP contribution in [-0.2, 0) is 9.16 Å². The molecule has 0 aromatic heterocycles. The van der Waals surface area contributed by atoms with Gasteiger partial charge in [-0.25, -0.2) is 0 Å². The van der Waals surface area contributed by atoms with Crippen LogP contribution < -0.4 is 0 Å². The minimum atomic E-state index is -1.99. The summed E-state index contributed by atoms with van der Waals surface area (Å²) in [7, 11) is 0. The van der Waals surface area contributed by atoms with E-state index in [1.807, 2.05) is 0 Å². The molecule has 0 saturated carbocycles. The van der Waals surface area contributed by atoms with Crippen LogP contribution in [0.3, 0.4) is 0 Å². The molecular formula is C5H4ClF2O2+. The normalized spacial score (nSPS) is 16.1. The van der Waals surface area contributed by atoms with Crippen molar-refractivity contribution in [1.29, 1.82) is 0 Å². The SMILES string of the molecule is FC(F)=C(Cl)C1=[O+]CCO1. The molecule has 0 radical (unpaired) electrons. The zero-order chi connectivity index (χ0) is 7.56. The van der Waals surface area contributed by atoms with Crippen molar-refractivity contribution in [1.82, 2.24) is 0 Å². The summed E-state index contributed by atoms with van der Waals surface area (Å²) < 4.78 is 32.5. The third kappa shape index (κ3) is 1.44. The molecule has 0 aromatic carbocycles. The molecule has 1 aliphatic heterocycles. The molecule has 10 heavy (non-hydrogen) atoms. The van der Waals surface area contributed by atoms with E-state index in [0.717, 1.165) is 0 Å². The highest BCUT2D eigenvalue weighted by atomic mass is 35.5. The molecule has 0 unspecified atom stereocenters. The fourth-order valence-electron chi connectivity index (χ4n) is 0.514. The van der Waals surface area contributed by atoms with E-state index in [0.29, 0.717) is 0 Å². The summed E-state index contributed by atoms with van der Waals surface area (Å²) in [6.07, 6.45) is -1.99. The minimum Gasteiger partial charge on any atom is -0.310 e. The van der Waals surface area contributed by atoms with Crippen LogP contribution in [-0.4, -0.2) is 19.2 Å².